The van der Waals surface area contributed by atoms with Gasteiger partial charge in [0.15, 0.2) is 10.8 Å². The van der Waals surface area contributed by atoms with Crippen LogP contribution in [0, 0.1) is 33.5 Å². The van der Waals surface area contributed by atoms with Crippen molar-refractivity contribution in [2.24, 2.45) is 33.5 Å². The average Bonchev–Trinajstić information content (AvgIpc) is 3.62. The summed E-state index contributed by atoms with van der Waals surface area (Å²) in [6, 6.07) is 0. The van der Waals surface area contributed by atoms with E-state index < -0.39 is 40.1 Å². The quantitative estimate of drug-likeness (QED) is 0.316. The van der Waals surface area contributed by atoms with E-state index >= 15 is 0 Å². The molecule has 0 aromatic carbocycles. The highest BCUT2D eigenvalue weighted by atomic mass is 16.6. The average molecular weight is 451 g/mol. The first kappa shape index (κ1) is 23.1. The molecule has 4 aliphatic carbocycles. The molecule has 4 aliphatic rings. The van der Waals surface area contributed by atoms with E-state index in [4.69, 9.17) is 18.9 Å². The van der Waals surface area contributed by atoms with Gasteiger partial charge in [-0.15, -0.1) is 0 Å². The van der Waals surface area contributed by atoms with E-state index in [1.807, 2.05) is 0 Å². The third-order valence-corrected chi connectivity index (χ3v) is 8.39. The molecule has 32 heavy (non-hydrogen) atoms. The number of carbonyl (C=O) groups is 4. The molecule has 8 heteroatoms. The second kappa shape index (κ2) is 7.73. The Morgan fingerprint density at radius 3 is 1.56 bits per heavy atom. The number of ether oxygens (including phenoxy) is 4. The van der Waals surface area contributed by atoms with Gasteiger partial charge in [-0.1, -0.05) is 0 Å². The third kappa shape index (κ3) is 3.00. The van der Waals surface area contributed by atoms with Gasteiger partial charge in [-0.05, 0) is 88.9 Å². The Kier molecular flexibility index (Phi) is 5.57. The monoisotopic (exact) mass is 450 g/mol. The van der Waals surface area contributed by atoms with Crippen LogP contribution in [0.3, 0.4) is 0 Å². The molecule has 0 bridgehead atoms. The van der Waals surface area contributed by atoms with Crippen LogP contribution in [-0.2, 0) is 38.1 Å². The molecular weight excluding hydrogens is 416 g/mol. The van der Waals surface area contributed by atoms with Crippen LogP contribution in [0.2, 0.25) is 0 Å². The minimum atomic E-state index is -1.40. The van der Waals surface area contributed by atoms with Crippen molar-refractivity contribution in [1.82, 2.24) is 0 Å². The van der Waals surface area contributed by atoms with E-state index in [1.54, 1.807) is 27.7 Å². The fourth-order valence-electron chi connectivity index (χ4n) is 7.27. The molecule has 0 radical (unpaired) electrons. The summed E-state index contributed by atoms with van der Waals surface area (Å²) >= 11 is 0. The highest BCUT2D eigenvalue weighted by molar-refractivity contribution is 6.02. The zero-order valence-electron chi connectivity index (χ0n) is 19.5. The molecule has 178 valence electrons. The van der Waals surface area contributed by atoms with Crippen LogP contribution in [0.25, 0.3) is 0 Å². The summed E-state index contributed by atoms with van der Waals surface area (Å²) in [5, 5.41) is 0. The second-order valence-corrected chi connectivity index (χ2v) is 10.00. The van der Waals surface area contributed by atoms with Crippen LogP contribution in [-0.4, -0.2) is 50.3 Å². The lowest BCUT2D eigenvalue weighted by molar-refractivity contribution is -0.175. The smallest absolute Gasteiger partial charge is 0.323 e. The topological polar surface area (TPSA) is 105 Å². The molecule has 4 fully saturated rings. The van der Waals surface area contributed by atoms with Gasteiger partial charge in [0.25, 0.3) is 0 Å². The highest BCUT2D eigenvalue weighted by Gasteiger charge is 2.86. The molecule has 4 atom stereocenters. The fraction of sp³-hybridized carbons (Fsp3) is 0.833. The maximum Gasteiger partial charge on any atom is 0.323 e. The zero-order valence-corrected chi connectivity index (χ0v) is 19.5. The van der Waals surface area contributed by atoms with E-state index in [9.17, 15) is 19.2 Å². The van der Waals surface area contributed by atoms with Gasteiger partial charge in [0.2, 0.25) is 0 Å². The Bertz CT molecular complexity index is 798. The lowest BCUT2D eigenvalue weighted by atomic mass is 9.71. The summed E-state index contributed by atoms with van der Waals surface area (Å²) in [6.45, 7) is 7.53. The Balaban J connectivity index is 1.75. The minimum Gasteiger partial charge on any atom is -0.465 e. The van der Waals surface area contributed by atoms with Gasteiger partial charge in [-0.2, -0.15) is 0 Å². The third-order valence-electron chi connectivity index (χ3n) is 8.39. The summed E-state index contributed by atoms with van der Waals surface area (Å²) in [5.74, 6) is -1.76. The molecule has 4 rings (SSSR count). The number of esters is 4. The predicted octanol–water partition coefficient (Wildman–Crippen LogP) is 2.81. The Morgan fingerprint density at radius 2 is 1.09 bits per heavy atom. The van der Waals surface area contributed by atoms with Crippen molar-refractivity contribution >= 4 is 23.9 Å². The van der Waals surface area contributed by atoms with Crippen LogP contribution in [0.4, 0.5) is 0 Å². The highest BCUT2D eigenvalue weighted by Crippen LogP contribution is 2.89. The van der Waals surface area contributed by atoms with E-state index in [2.05, 4.69) is 0 Å². The van der Waals surface area contributed by atoms with E-state index in [-0.39, 0.29) is 56.5 Å². The van der Waals surface area contributed by atoms with Gasteiger partial charge in [0.05, 0.1) is 26.4 Å². The van der Waals surface area contributed by atoms with Crippen molar-refractivity contribution < 1.29 is 38.1 Å². The Hall–Kier alpha value is -2.12. The second-order valence-electron chi connectivity index (χ2n) is 10.00. The largest absolute Gasteiger partial charge is 0.465 e. The van der Waals surface area contributed by atoms with Gasteiger partial charge in [0, 0.05) is 0 Å². The van der Waals surface area contributed by atoms with Crippen molar-refractivity contribution in [3.8, 4) is 0 Å². The summed E-state index contributed by atoms with van der Waals surface area (Å²) < 4.78 is 21.5. The van der Waals surface area contributed by atoms with Crippen molar-refractivity contribution in [3.63, 3.8) is 0 Å². The predicted molar refractivity (Wildman–Crippen MR) is 111 cm³/mol. The first-order valence-corrected chi connectivity index (χ1v) is 11.9. The maximum atomic E-state index is 13.2. The van der Waals surface area contributed by atoms with Crippen LogP contribution in [0.5, 0.6) is 0 Å². The molecule has 0 saturated heterocycles. The number of hydrogen-bond donors (Lipinski definition) is 0. The SMILES string of the molecule is CCOC(=O)C1(C(=O)OCC)C[C@H]2C[C@H]2C23CC(C(=O)OCC)(C(=O)OCC)CC2(C1)C3. The van der Waals surface area contributed by atoms with Crippen molar-refractivity contribution in [2.75, 3.05) is 26.4 Å². The van der Waals surface area contributed by atoms with Gasteiger partial charge in [-0.3, -0.25) is 19.2 Å². The molecule has 4 saturated carbocycles. The molecule has 0 aliphatic heterocycles. The molecule has 0 amide bonds. The number of fused-ring (bicyclic) bond motifs is 1. The molecule has 0 heterocycles. The van der Waals surface area contributed by atoms with Crippen LogP contribution >= 0.6 is 0 Å². The van der Waals surface area contributed by atoms with Gasteiger partial charge in [0.1, 0.15) is 0 Å². The summed E-state index contributed by atoms with van der Waals surface area (Å²) in [7, 11) is 0. The lowest BCUT2D eigenvalue weighted by Crippen LogP contribution is -2.46. The summed E-state index contributed by atoms with van der Waals surface area (Å²) in [5.41, 5.74) is -3.52. The molecule has 8 nitrogen and oxygen atoms in total. The fourth-order valence-corrected chi connectivity index (χ4v) is 7.27. The van der Waals surface area contributed by atoms with E-state index in [0.29, 0.717) is 12.8 Å². The Morgan fingerprint density at radius 1 is 0.656 bits per heavy atom. The standard InChI is InChI=1S/C24H34O8/c1-5-29-17(25)22(18(26)30-6-2)10-15-9-16(15)24-13-21(24,11-22)12-23(14-24,19(27)31-7-3)20(28)32-8-4/h15-16H,5-14H2,1-4H3/t15-,16-,21?,24?/m1/s1. The van der Waals surface area contributed by atoms with Crippen molar-refractivity contribution in [2.45, 2.75) is 66.2 Å². The maximum absolute atomic E-state index is 13.2. The van der Waals surface area contributed by atoms with Gasteiger partial charge < -0.3 is 18.9 Å². The zero-order chi connectivity index (χ0) is 23.4. The first-order chi connectivity index (χ1) is 15.2. The van der Waals surface area contributed by atoms with Crippen molar-refractivity contribution in [3.05, 3.63) is 0 Å². The number of rotatable bonds is 8. The van der Waals surface area contributed by atoms with Crippen LogP contribution in [0.15, 0.2) is 0 Å². The molecule has 0 aromatic rings. The normalized spacial score (nSPS) is 34.6. The van der Waals surface area contributed by atoms with Crippen LogP contribution in [0.1, 0.15) is 66.2 Å². The van der Waals surface area contributed by atoms with Gasteiger partial charge in [-0.25, -0.2) is 0 Å². The van der Waals surface area contributed by atoms with Crippen molar-refractivity contribution in [1.29, 1.82) is 0 Å². The lowest BCUT2D eigenvalue weighted by Gasteiger charge is -2.34. The molecule has 0 aromatic heterocycles. The minimum absolute atomic E-state index is 0.168. The Labute approximate surface area is 188 Å². The first-order valence-electron chi connectivity index (χ1n) is 11.9. The molecular formula is C24H34O8. The molecule has 2 unspecified atom stereocenters. The molecule has 0 N–H and O–H groups in total. The van der Waals surface area contributed by atoms with E-state index in [0.717, 1.165) is 12.8 Å². The molecule has 0 spiro atoms. The van der Waals surface area contributed by atoms with Gasteiger partial charge >= 0.3 is 23.9 Å². The summed E-state index contributed by atoms with van der Waals surface area (Å²) in [4.78, 5) is 52.7. The number of hydrogen-bond acceptors (Lipinski definition) is 8. The van der Waals surface area contributed by atoms with Crippen LogP contribution < -0.4 is 0 Å². The summed E-state index contributed by atoms with van der Waals surface area (Å²) in [6.07, 6.45) is 2.92. The number of carbonyl (C=O) groups excluding carboxylic acids is 4. The van der Waals surface area contributed by atoms with E-state index in [1.165, 1.54) is 0 Å².